The highest BCUT2D eigenvalue weighted by molar-refractivity contribution is 6.32. The molecule has 1 aromatic heterocycles. The average molecular weight is 375 g/mol. The highest BCUT2D eigenvalue weighted by Gasteiger charge is 2.21. The van der Waals surface area contributed by atoms with Crippen LogP contribution in [0.1, 0.15) is 13.8 Å². The van der Waals surface area contributed by atoms with Gasteiger partial charge in [-0.2, -0.15) is 0 Å². The Labute approximate surface area is 156 Å². The average Bonchev–Trinajstić information content (AvgIpc) is 3.07. The third-order valence-corrected chi connectivity index (χ3v) is 4.09. The monoisotopic (exact) mass is 374 g/mol. The first-order valence-electron chi connectivity index (χ1n) is 8.19. The number of rotatable bonds is 6. The molecule has 26 heavy (non-hydrogen) atoms. The van der Waals surface area contributed by atoms with E-state index in [0.29, 0.717) is 16.6 Å². The number of hydrogen-bond donors (Lipinski definition) is 1. The SMILES string of the molecule is CCOC(=O)C(C)Oc1c(Cl)cc(-c2nc3ccccc3[nH]2)cc1OC. The van der Waals surface area contributed by atoms with Gasteiger partial charge in [-0.1, -0.05) is 23.7 Å². The molecule has 1 unspecified atom stereocenters. The lowest BCUT2D eigenvalue weighted by atomic mass is 10.2. The van der Waals surface area contributed by atoms with Crippen molar-refractivity contribution in [3.05, 3.63) is 41.4 Å². The molecule has 0 saturated carbocycles. The first kappa shape index (κ1) is 18.1. The van der Waals surface area contributed by atoms with Gasteiger partial charge in [0.15, 0.2) is 17.6 Å². The number of methoxy groups -OCH3 is 1. The number of carbonyl (C=O) groups is 1. The van der Waals surface area contributed by atoms with E-state index in [1.54, 1.807) is 26.0 Å². The fourth-order valence-electron chi connectivity index (χ4n) is 2.54. The molecule has 2 aromatic carbocycles. The summed E-state index contributed by atoms with van der Waals surface area (Å²) in [6, 6.07) is 11.2. The summed E-state index contributed by atoms with van der Waals surface area (Å²) in [4.78, 5) is 19.6. The maximum absolute atomic E-state index is 11.8. The van der Waals surface area contributed by atoms with Crippen LogP contribution in [0.15, 0.2) is 36.4 Å². The van der Waals surface area contributed by atoms with Crippen molar-refractivity contribution in [1.82, 2.24) is 9.97 Å². The lowest BCUT2D eigenvalue weighted by Gasteiger charge is -2.17. The van der Waals surface area contributed by atoms with Crippen LogP contribution in [-0.2, 0) is 9.53 Å². The maximum Gasteiger partial charge on any atom is 0.347 e. The molecule has 0 aliphatic heterocycles. The molecule has 0 aliphatic rings. The topological polar surface area (TPSA) is 73.4 Å². The zero-order valence-corrected chi connectivity index (χ0v) is 15.5. The Morgan fingerprint density at radius 1 is 1.31 bits per heavy atom. The molecular weight excluding hydrogens is 356 g/mol. The summed E-state index contributed by atoms with van der Waals surface area (Å²) < 4.78 is 16.0. The van der Waals surface area contributed by atoms with Gasteiger partial charge in [-0.05, 0) is 38.1 Å². The van der Waals surface area contributed by atoms with E-state index in [-0.39, 0.29) is 12.4 Å². The second-order valence-corrected chi connectivity index (χ2v) is 6.01. The number of nitrogens with zero attached hydrogens (tertiary/aromatic N) is 1. The highest BCUT2D eigenvalue weighted by atomic mass is 35.5. The van der Waals surface area contributed by atoms with Crippen LogP contribution in [0.5, 0.6) is 11.5 Å². The van der Waals surface area contributed by atoms with Gasteiger partial charge in [-0.25, -0.2) is 9.78 Å². The van der Waals surface area contributed by atoms with E-state index in [1.165, 1.54) is 7.11 Å². The van der Waals surface area contributed by atoms with Crippen LogP contribution in [0.3, 0.4) is 0 Å². The van der Waals surface area contributed by atoms with Crippen LogP contribution < -0.4 is 9.47 Å². The summed E-state index contributed by atoms with van der Waals surface area (Å²) in [6.45, 7) is 3.61. The number of benzene rings is 2. The van der Waals surface area contributed by atoms with Crippen molar-refractivity contribution in [2.24, 2.45) is 0 Å². The number of halogens is 1. The van der Waals surface area contributed by atoms with Gasteiger partial charge in [0.05, 0.1) is 29.8 Å². The summed E-state index contributed by atoms with van der Waals surface area (Å²) in [7, 11) is 1.51. The predicted octanol–water partition coefficient (Wildman–Crippen LogP) is 4.22. The standard InChI is InChI=1S/C19H19ClN2O4/c1-4-25-19(23)11(2)26-17-13(20)9-12(10-16(17)24-3)18-21-14-7-5-6-8-15(14)22-18/h5-11H,4H2,1-3H3,(H,21,22). The number of nitrogens with one attached hydrogen (secondary N) is 1. The third kappa shape index (κ3) is 3.60. The van der Waals surface area contributed by atoms with E-state index in [9.17, 15) is 4.79 Å². The number of aromatic nitrogens is 2. The Bertz CT molecular complexity index is 905. The summed E-state index contributed by atoms with van der Waals surface area (Å²) in [5.41, 5.74) is 2.53. The molecule has 1 heterocycles. The molecule has 0 amide bonds. The van der Waals surface area contributed by atoms with Gasteiger partial charge in [0.2, 0.25) is 0 Å². The summed E-state index contributed by atoms with van der Waals surface area (Å²) in [5.74, 6) is 0.891. The van der Waals surface area contributed by atoms with Gasteiger partial charge in [-0.15, -0.1) is 0 Å². The first-order valence-corrected chi connectivity index (χ1v) is 8.57. The number of H-pyrrole nitrogens is 1. The molecule has 0 aliphatic carbocycles. The summed E-state index contributed by atoms with van der Waals surface area (Å²) in [5, 5.41) is 0.316. The van der Waals surface area contributed by atoms with Crippen LogP contribution in [0, 0.1) is 0 Å². The molecule has 1 atom stereocenters. The summed E-state index contributed by atoms with van der Waals surface area (Å²) >= 11 is 6.39. The second kappa shape index (κ2) is 7.66. The normalized spacial score (nSPS) is 12.0. The van der Waals surface area contributed by atoms with Crippen LogP contribution in [0.25, 0.3) is 22.4 Å². The number of imidazole rings is 1. The fraction of sp³-hybridized carbons (Fsp3) is 0.263. The molecule has 0 fully saturated rings. The number of fused-ring (bicyclic) bond motifs is 1. The van der Waals surface area contributed by atoms with E-state index in [2.05, 4.69) is 9.97 Å². The number of esters is 1. The number of aromatic amines is 1. The molecule has 0 saturated heterocycles. The van der Waals surface area contributed by atoms with E-state index in [0.717, 1.165) is 16.6 Å². The van der Waals surface area contributed by atoms with Gasteiger partial charge in [-0.3, -0.25) is 0 Å². The van der Waals surface area contributed by atoms with Gasteiger partial charge in [0.25, 0.3) is 0 Å². The summed E-state index contributed by atoms with van der Waals surface area (Å²) in [6.07, 6.45) is -0.807. The van der Waals surface area contributed by atoms with Crippen LogP contribution in [-0.4, -0.2) is 35.8 Å². The third-order valence-electron chi connectivity index (χ3n) is 3.81. The Morgan fingerprint density at radius 2 is 2.08 bits per heavy atom. The van der Waals surface area contributed by atoms with Gasteiger partial charge >= 0.3 is 5.97 Å². The zero-order chi connectivity index (χ0) is 18.7. The minimum absolute atomic E-state index is 0.280. The molecule has 3 rings (SSSR count). The van der Waals surface area contributed by atoms with E-state index >= 15 is 0 Å². The number of hydrogen-bond acceptors (Lipinski definition) is 5. The Balaban J connectivity index is 1.95. The van der Waals surface area contributed by atoms with Crippen LogP contribution >= 0.6 is 11.6 Å². The van der Waals surface area contributed by atoms with Gasteiger partial charge < -0.3 is 19.2 Å². The maximum atomic E-state index is 11.8. The molecule has 7 heteroatoms. The minimum atomic E-state index is -0.807. The van der Waals surface area contributed by atoms with Crippen molar-refractivity contribution in [2.45, 2.75) is 20.0 Å². The Morgan fingerprint density at radius 3 is 2.77 bits per heavy atom. The van der Waals surface area contributed by atoms with Crippen molar-refractivity contribution in [2.75, 3.05) is 13.7 Å². The largest absolute Gasteiger partial charge is 0.493 e. The minimum Gasteiger partial charge on any atom is -0.493 e. The van der Waals surface area contributed by atoms with Crippen molar-refractivity contribution < 1.29 is 19.0 Å². The molecular formula is C19H19ClN2O4. The van der Waals surface area contributed by atoms with Crippen molar-refractivity contribution >= 4 is 28.6 Å². The van der Waals surface area contributed by atoms with Crippen molar-refractivity contribution in [3.63, 3.8) is 0 Å². The lowest BCUT2D eigenvalue weighted by Crippen LogP contribution is -2.26. The number of ether oxygens (including phenoxy) is 3. The van der Waals surface area contributed by atoms with Gasteiger partial charge in [0, 0.05) is 5.56 Å². The molecule has 0 radical (unpaired) electrons. The molecule has 0 bridgehead atoms. The van der Waals surface area contributed by atoms with Crippen molar-refractivity contribution in [3.8, 4) is 22.9 Å². The number of carbonyl (C=O) groups excluding carboxylic acids is 1. The van der Waals surface area contributed by atoms with E-state index in [4.69, 9.17) is 25.8 Å². The fourth-order valence-corrected chi connectivity index (χ4v) is 2.80. The highest BCUT2D eigenvalue weighted by Crippen LogP contribution is 2.39. The van der Waals surface area contributed by atoms with Crippen LogP contribution in [0.2, 0.25) is 5.02 Å². The Hall–Kier alpha value is -2.73. The Kier molecular flexibility index (Phi) is 5.32. The molecule has 6 nitrogen and oxygen atoms in total. The molecule has 1 N–H and O–H groups in total. The van der Waals surface area contributed by atoms with Crippen molar-refractivity contribution in [1.29, 1.82) is 0 Å². The first-order chi connectivity index (χ1) is 12.5. The van der Waals surface area contributed by atoms with E-state index in [1.807, 2.05) is 24.3 Å². The molecule has 0 spiro atoms. The molecule has 3 aromatic rings. The number of para-hydroxylation sites is 2. The second-order valence-electron chi connectivity index (χ2n) is 5.60. The smallest absolute Gasteiger partial charge is 0.347 e. The predicted molar refractivity (Wildman–Crippen MR) is 99.8 cm³/mol. The quantitative estimate of drug-likeness (QED) is 0.654. The van der Waals surface area contributed by atoms with E-state index < -0.39 is 12.1 Å². The van der Waals surface area contributed by atoms with Crippen LogP contribution in [0.4, 0.5) is 0 Å². The molecule has 136 valence electrons. The van der Waals surface area contributed by atoms with Gasteiger partial charge in [0.1, 0.15) is 5.82 Å². The lowest BCUT2D eigenvalue weighted by molar-refractivity contribution is -0.150. The zero-order valence-electron chi connectivity index (χ0n) is 14.7.